The third-order valence-electron chi connectivity index (χ3n) is 4.18. The third kappa shape index (κ3) is 2.82. The summed E-state index contributed by atoms with van der Waals surface area (Å²) in [6.07, 6.45) is 2.95. The summed E-state index contributed by atoms with van der Waals surface area (Å²) in [5.74, 6) is 0.956. The molecule has 1 N–H and O–H groups in total. The zero-order valence-electron chi connectivity index (χ0n) is 12.1. The molecule has 2 aliphatic rings. The molecule has 4 nitrogen and oxygen atoms in total. The number of fused-ring (bicyclic) bond motifs is 1. The van der Waals surface area contributed by atoms with Gasteiger partial charge in [0.15, 0.2) is 0 Å². The monoisotopic (exact) mass is 368 g/mol. The van der Waals surface area contributed by atoms with Crippen molar-refractivity contribution in [1.82, 2.24) is 10.3 Å². The number of nitrogens with one attached hydrogen (secondary N) is 1. The van der Waals surface area contributed by atoms with Crippen LogP contribution in [-0.4, -0.2) is 17.5 Å². The average molecular weight is 369 g/mol. The Bertz CT molecular complexity index is 773. The van der Waals surface area contributed by atoms with E-state index in [-0.39, 0.29) is 11.9 Å². The van der Waals surface area contributed by atoms with E-state index in [1.54, 1.807) is 11.6 Å². The molecule has 120 valence electrons. The summed E-state index contributed by atoms with van der Waals surface area (Å²) in [6, 6.07) is 3.47. The molecule has 1 aliphatic heterocycles. The number of thiazole rings is 1. The van der Waals surface area contributed by atoms with Crippen LogP contribution in [0.2, 0.25) is 10.0 Å². The summed E-state index contributed by atoms with van der Waals surface area (Å²) < 4.78 is 5.63. The molecule has 1 aromatic carbocycles. The van der Waals surface area contributed by atoms with Gasteiger partial charge < -0.3 is 10.1 Å². The Morgan fingerprint density at radius 2 is 2.13 bits per heavy atom. The molecule has 0 spiro atoms. The maximum absolute atomic E-state index is 12.6. The summed E-state index contributed by atoms with van der Waals surface area (Å²) in [4.78, 5) is 17.7. The van der Waals surface area contributed by atoms with Crippen LogP contribution < -0.4 is 10.1 Å². The van der Waals surface area contributed by atoms with E-state index >= 15 is 0 Å². The predicted molar refractivity (Wildman–Crippen MR) is 90.9 cm³/mol. The van der Waals surface area contributed by atoms with Crippen LogP contribution in [0.3, 0.4) is 0 Å². The van der Waals surface area contributed by atoms with Gasteiger partial charge in [-0.2, -0.15) is 0 Å². The predicted octanol–water partition coefficient (Wildman–Crippen LogP) is 4.58. The summed E-state index contributed by atoms with van der Waals surface area (Å²) in [5.41, 5.74) is 3.56. The Hall–Kier alpha value is -1.30. The van der Waals surface area contributed by atoms with Gasteiger partial charge in [-0.05, 0) is 18.9 Å². The summed E-state index contributed by atoms with van der Waals surface area (Å²) in [5, 5.41) is 3.95. The molecule has 0 saturated heterocycles. The van der Waals surface area contributed by atoms with Gasteiger partial charge in [-0.15, -0.1) is 11.3 Å². The standard InChI is InChI=1S/C16H14Cl2N2O2S/c17-10-4-3-9-11(5-6-22-14(9)12(10)18)20-16(21)15-13(8-1-2-8)19-7-23-15/h3-4,7-8,11H,1-2,5-6H2,(H,20,21)/t11-/m1/s1. The van der Waals surface area contributed by atoms with Crippen molar-refractivity contribution in [2.24, 2.45) is 0 Å². The van der Waals surface area contributed by atoms with Crippen LogP contribution in [-0.2, 0) is 0 Å². The zero-order valence-corrected chi connectivity index (χ0v) is 14.5. The van der Waals surface area contributed by atoms with Gasteiger partial charge in [0.25, 0.3) is 5.91 Å². The summed E-state index contributed by atoms with van der Waals surface area (Å²) >= 11 is 13.6. The van der Waals surface area contributed by atoms with Gasteiger partial charge in [0.05, 0.1) is 28.9 Å². The van der Waals surface area contributed by atoms with E-state index in [1.165, 1.54) is 11.3 Å². The van der Waals surface area contributed by atoms with Gasteiger partial charge in [0.2, 0.25) is 0 Å². The first-order chi connectivity index (χ1) is 11.1. The first kappa shape index (κ1) is 15.2. The Morgan fingerprint density at radius 3 is 2.91 bits per heavy atom. The lowest BCUT2D eigenvalue weighted by molar-refractivity contribution is 0.0927. The van der Waals surface area contributed by atoms with Crippen LogP contribution in [0, 0.1) is 0 Å². The Kier molecular flexibility index (Phi) is 3.95. The highest BCUT2D eigenvalue weighted by atomic mass is 35.5. The fourth-order valence-electron chi connectivity index (χ4n) is 2.85. The Balaban J connectivity index is 1.59. The molecule has 1 fully saturated rings. The number of carbonyl (C=O) groups is 1. The van der Waals surface area contributed by atoms with Crippen LogP contribution in [0.5, 0.6) is 5.75 Å². The van der Waals surface area contributed by atoms with Crippen LogP contribution in [0.25, 0.3) is 0 Å². The topological polar surface area (TPSA) is 51.2 Å². The SMILES string of the molecule is O=C(N[C@@H]1CCOc2c1ccc(Cl)c2Cl)c1scnc1C1CC1. The average Bonchev–Trinajstić information content (AvgIpc) is 3.28. The molecule has 0 unspecified atom stereocenters. The van der Waals surface area contributed by atoms with Crippen LogP contribution >= 0.6 is 34.5 Å². The normalized spacial score (nSPS) is 19.8. The quantitative estimate of drug-likeness (QED) is 0.862. The van der Waals surface area contributed by atoms with Crippen LogP contribution in [0.1, 0.15) is 52.2 Å². The number of benzene rings is 1. The molecule has 2 heterocycles. The van der Waals surface area contributed by atoms with E-state index < -0.39 is 0 Å². The Labute approximate surface area is 147 Å². The van der Waals surface area contributed by atoms with E-state index in [9.17, 15) is 4.79 Å². The van der Waals surface area contributed by atoms with Crippen molar-refractivity contribution in [3.8, 4) is 5.75 Å². The number of ether oxygens (including phenoxy) is 1. The highest BCUT2D eigenvalue weighted by Crippen LogP contribution is 2.43. The van der Waals surface area contributed by atoms with Crippen molar-refractivity contribution < 1.29 is 9.53 Å². The molecule has 0 radical (unpaired) electrons. The Morgan fingerprint density at radius 1 is 1.30 bits per heavy atom. The van der Waals surface area contributed by atoms with E-state index in [2.05, 4.69) is 10.3 Å². The second kappa shape index (κ2) is 5.96. The lowest BCUT2D eigenvalue weighted by Crippen LogP contribution is -2.32. The van der Waals surface area contributed by atoms with E-state index in [0.717, 1.165) is 29.0 Å². The molecular weight excluding hydrogens is 355 g/mol. The second-order valence-electron chi connectivity index (χ2n) is 5.78. The van der Waals surface area contributed by atoms with Gasteiger partial charge in [-0.1, -0.05) is 29.3 Å². The first-order valence-electron chi connectivity index (χ1n) is 7.50. The van der Waals surface area contributed by atoms with Crippen molar-refractivity contribution in [2.45, 2.75) is 31.2 Å². The molecule has 1 saturated carbocycles. The molecule has 1 aromatic heterocycles. The maximum atomic E-state index is 12.6. The molecule has 4 rings (SSSR count). The fourth-order valence-corrected chi connectivity index (χ4v) is 4.00. The number of hydrogen-bond donors (Lipinski definition) is 1. The highest BCUT2D eigenvalue weighted by molar-refractivity contribution is 7.11. The van der Waals surface area contributed by atoms with Crippen molar-refractivity contribution in [3.05, 3.63) is 43.8 Å². The molecule has 0 bridgehead atoms. The molecule has 1 amide bonds. The van der Waals surface area contributed by atoms with Crippen LogP contribution in [0.4, 0.5) is 0 Å². The number of halogens is 2. The highest BCUT2D eigenvalue weighted by Gasteiger charge is 2.32. The number of nitrogens with zero attached hydrogens (tertiary/aromatic N) is 1. The zero-order chi connectivity index (χ0) is 16.0. The number of rotatable bonds is 3. The minimum absolute atomic E-state index is 0.0710. The van der Waals surface area contributed by atoms with Crippen molar-refractivity contribution in [1.29, 1.82) is 0 Å². The van der Waals surface area contributed by atoms with Gasteiger partial charge in [-0.25, -0.2) is 4.98 Å². The molecule has 2 aromatic rings. The molecular formula is C16H14Cl2N2O2S. The molecule has 7 heteroatoms. The number of carbonyl (C=O) groups excluding carboxylic acids is 1. The lowest BCUT2D eigenvalue weighted by Gasteiger charge is -2.27. The van der Waals surface area contributed by atoms with Crippen LogP contribution in [0.15, 0.2) is 17.6 Å². The van der Waals surface area contributed by atoms with Crippen molar-refractivity contribution in [3.63, 3.8) is 0 Å². The number of amides is 1. The van der Waals surface area contributed by atoms with Crippen molar-refractivity contribution >= 4 is 40.4 Å². The smallest absolute Gasteiger partial charge is 0.263 e. The van der Waals surface area contributed by atoms with Gasteiger partial charge in [-0.3, -0.25) is 4.79 Å². The molecule has 1 atom stereocenters. The van der Waals surface area contributed by atoms with E-state index in [0.29, 0.717) is 34.7 Å². The lowest BCUT2D eigenvalue weighted by atomic mass is 10.0. The molecule has 1 aliphatic carbocycles. The van der Waals surface area contributed by atoms with Gasteiger partial charge in [0.1, 0.15) is 15.6 Å². The number of aromatic nitrogens is 1. The summed E-state index contributed by atoms with van der Waals surface area (Å²) in [7, 11) is 0. The largest absolute Gasteiger partial charge is 0.492 e. The van der Waals surface area contributed by atoms with Gasteiger partial charge in [0, 0.05) is 17.9 Å². The number of hydrogen-bond acceptors (Lipinski definition) is 4. The summed E-state index contributed by atoms with van der Waals surface area (Å²) in [6.45, 7) is 0.496. The fraction of sp³-hybridized carbons (Fsp3) is 0.375. The third-order valence-corrected chi connectivity index (χ3v) is 5.81. The minimum Gasteiger partial charge on any atom is -0.492 e. The first-order valence-corrected chi connectivity index (χ1v) is 9.13. The van der Waals surface area contributed by atoms with E-state index in [1.807, 2.05) is 6.07 Å². The maximum Gasteiger partial charge on any atom is 0.263 e. The molecule has 23 heavy (non-hydrogen) atoms. The van der Waals surface area contributed by atoms with Gasteiger partial charge >= 0.3 is 0 Å². The van der Waals surface area contributed by atoms with E-state index in [4.69, 9.17) is 27.9 Å². The van der Waals surface area contributed by atoms with Crippen molar-refractivity contribution in [2.75, 3.05) is 6.61 Å². The second-order valence-corrected chi connectivity index (χ2v) is 7.42. The minimum atomic E-state index is -0.129.